The molecule has 0 bridgehead atoms. The number of nitrogens with one attached hydrogen (secondary N) is 1. The van der Waals surface area contributed by atoms with Crippen LogP contribution in [-0.4, -0.2) is 62.0 Å². The molecule has 0 radical (unpaired) electrons. The Morgan fingerprint density at radius 1 is 1.22 bits per heavy atom. The number of nitrogens with two attached hydrogens (primary N) is 1. The lowest BCUT2D eigenvalue weighted by atomic mass is 10.1. The Labute approximate surface area is 244 Å². The molecule has 14 heteroatoms. The third kappa shape index (κ3) is 6.55. The van der Waals surface area contributed by atoms with E-state index < -0.39 is 5.91 Å². The maximum atomic E-state index is 13.4. The largest absolute Gasteiger partial charge is 0.493 e. The lowest BCUT2D eigenvalue weighted by Crippen LogP contribution is -2.26. The van der Waals surface area contributed by atoms with Crippen molar-refractivity contribution in [1.82, 2.24) is 35.6 Å². The van der Waals surface area contributed by atoms with Crippen molar-refractivity contribution in [2.45, 2.75) is 39.8 Å². The van der Waals surface area contributed by atoms with Gasteiger partial charge in [0.2, 0.25) is 11.6 Å². The van der Waals surface area contributed by atoms with Crippen LogP contribution in [0.1, 0.15) is 52.6 Å². The van der Waals surface area contributed by atoms with E-state index in [4.69, 9.17) is 19.8 Å². The zero-order valence-corrected chi connectivity index (χ0v) is 24.3. The fourth-order valence-corrected chi connectivity index (χ4v) is 5.00. The van der Waals surface area contributed by atoms with Gasteiger partial charge in [0.05, 0.1) is 18.4 Å². The average molecular weight is 624 g/mol. The maximum Gasteiger partial charge on any atom is 0.292 e. The SMILES string of the molecule is CCOc1cc(OCc2ccccc2C)cc(Br)c1/C=N/NC(=O)c1c(CN2CCCC2)nnn1-c1nonc1N. The molecule has 0 spiro atoms. The second-order valence-electron chi connectivity index (χ2n) is 9.42. The van der Waals surface area contributed by atoms with Gasteiger partial charge in [0, 0.05) is 17.1 Å². The number of halogens is 1. The molecule has 1 fully saturated rings. The highest BCUT2D eigenvalue weighted by Gasteiger charge is 2.27. The molecular weight excluding hydrogens is 594 g/mol. The molecule has 13 nitrogen and oxygen atoms in total. The zero-order valence-electron chi connectivity index (χ0n) is 22.7. The second-order valence-corrected chi connectivity index (χ2v) is 10.3. The highest BCUT2D eigenvalue weighted by atomic mass is 79.9. The first-order valence-electron chi connectivity index (χ1n) is 13.2. The van der Waals surface area contributed by atoms with Crippen LogP contribution in [0, 0.1) is 6.92 Å². The Bertz CT molecular complexity index is 1550. The lowest BCUT2D eigenvalue weighted by molar-refractivity contribution is 0.0945. The maximum absolute atomic E-state index is 13.4. The summed E-state index contributed by atoms with van der Waals surface area (Å²) >= 11 is 3.59. The summed E-state index contributed by atoms with van der Waals surface area (Å²) < 4.78 is 18.5. The van der Waals surface area contributed by atoms with E-state index in [1.165, 1.54) is 10.9 Å². The molecule has 0 saturated carbocycles. The number of benzene rings is 2. The van der Waals surface area contributed by atoms with Gasteiger partial charge in [0.25, 0.3) is 5.91 Å². The summed E-state index contributed by atoms with van der Waals surface area (Å²) in [6, 6.07) is 11.7. The highest BCUT2D eigenvalue weighted by molar-refractivity contribution is 9.10. The normalized spacial score (nSPS) is 13.6. The van der Waals surface area contributed by atoms with Crippen LogP contribution in [-0.2, 0) is 13.2 Å². The zero-order chi connectivity index (χ0) is 28.8. The number of rotatable bonds is 11. The number of likely N-dealkylation sites (tertiary alicyclic amines) is 1. The molecule has 3 heterocycles. The van der Waals surface area contributed by atoms with Crippen molar-refractivity contribution >= 4 is 33.9 Å². The first-order chi connectivity index (χ1) is 19.9. The van der Waals surface area contributed by atoms with E-state index in [2.05, 4.69) is 52.0 Å². The summed E-state index contributed by atoms with van der Waals surface area (Å²) in [5, 5.41) is 19.9. The van der Waals surface area contributed by atoms with Crippen LogP contribution in [0.5, 0.6) is 11.5 Å². The van der Waals surface area contributed by atoms with Crippen LogP contribution in [0.3, 0.4) is 0 Å². The van der Waals surface area contributed by atoms with E-state index in [1.54, 1.807) is 6.07 Å². The molecule has 1 saturated heterocycles. The van der Waals surface area contributed by atoms with Crippen molar-refractivity contribution in [3.05, 3.63) is 68.9 Å². The van der Waals surface area contributed by atoms with Gasteiger partial charge in [0.15, 0.2) is 5.69 Å². The van der Waals surface area contributed by atoms with Gasteiger partial charge in [-0.3, -0.25) is 9.69 Å². The van der Waals surface area contributed by atoms with Gasteiger partial charge in [-0.2, -0.15) is 9.78 Å². The molecule has 0 unspecified atom stereocenters. The molecule has 0 aliphatic carbocycles. The summed E-state index contributed by atoms with van der Waals surface area (Å²) in [6.07, 6.45) is 3.68. The van der Waals surface area contributed by atoms with E-state index in [-0.39, 0.29) is 17.3 Å². The van der Waals surface area contributed by atoms with E-state index >= 15 is 0 Å². The first-order valence-corrected chi connectivity index (χ1v) is 14.0. The fourth-order valence-electron chi connectivity index (χ4n) is 4.48. The van der Waals surface area contributed by atoms with Gasteiger partial charge >= 0.3 is 0 Å². The molecule has 5 rings (SSSR count). The molecule has 2 aromatic heterocycles. The predicted octanol–water partition coefficient (Wildman–Crippen LogP) is 3.64. The minimum absolute atomic E-state index is 0.0183. The number of carbonyl (C=O) groups excluding carboxylic acids is 1. The highest BCUT2D eigenvalue weighted by Crippen LogP contribution is 2.32. The molecular formula is C27H30BrN9O4. The summed E-state index contributed by atoms with van der Waals surface area (Å²) in [5.41, 5.74) is 11.9. The van der Waals surface area contributed by atoms with Gasteiger partial charge < -0.3 is 15.2 Å². The van der Waals surface area contributed by atoms with E-state index in [9.17, 15) is 4.79 Å². The number of aromatic nitrogens is 5. The van der Waals surface area contributed by atoms with Gasteiger partial charge in [-0.15, -0.1) is 5.10 Å². The average Bonchev–Trinajstić information content (AvgIpc) is 3.71. The Balaban J connectivity index is 1.35. The van der Waals surface area contributed by atoms with Crippen molar-refractivity contribution in [1.29, 1.82) is 0 Å². The van der Waals surface area contributed by atoms with E-state index in [1.807, 2.05) is 44.2 Å². The molecule has 2 aromatic carbocycles. The molecule has 214 valence electrons. The summed E-state index contributed by atoms with van der Waals surface area (Å²) in [6.45, 7) is 7.06. The molecule has 3 N–H and O–H groups in total. The monoisotopic (exact) mass is 623 g/mol. The van der Waals surface area contributed by atoms with Gasteiger partial charge in [-0.1, -0.05) is 29.5 Å². The summed E-state index contributed by atoms with van der Waals surface area (Å²) in [5.74, 6) is 0.680. The van der Waals surface area contributed by atoms with Crippen LogP contribution < -0.4 is 20.6 Å². The van der Waals surface area contributed by atoms with Crippen LogP contribution in [0.15, 0.2) is 50.6 Å². The third-order valence-electron chi connectivity index (χ3n) is 6.60. The van der Waals surface area contributed by atoms with Crippen molar-refractivity contribution < 1.29 is 18.9 Å². The molecule has 0 atom stereocenters. The number of amides is 1. The topological polar surface area (TPSA) is 159 Å². The first kappa shape index (κ1) is 28.2. The minimum Gasteiger partial charge on any atom is -0.493 e. The standard InChI is InChI=1S/C27H30BrN9O4/c1-3-39-23-13-19(40-16-18-9-5-4-8-17(18)2)12-21(28)20(23)14-30-32-27(38)24-22(15-36-10-6-7-11-36)31-35-37(24)26-25(29)33-41-34-26/h4-5,8-9,12-14H,3,6-7,10-11,15-16H2,1-2H3,(H2,29,33)(H,32,38)/b30-14+. The van der Waals surface area contributed by atoms with Crippen molar-refractivity contribution in [2.75, 3.05) is 25.4 Å². The number of hydrogen-bond donors (Lipinski definition) is 2. The number of hydrogen-bond acceptors (Lipinski definition) is 11. The van der Waals surface area contributed by atoms with E-state index in [0.29, 0.717) is 47.0 Å². The number of hydrazone groups is 1. The molecule has 1 aliphatic heterocycles. The van der Waals surface area contributed by atoms with Crippen LogP contribution >= 0.6 is 15.9 Å². The number of anilines is 1. The molecule has 1 amide bonds. The summed E-state index contributed by atoms with van der Waals surface area (Å²) in [7, 11) is 0. The minimum atomic E-state index is -0.546. The Kier molecular flexibility index (Phi) is 8.89. The Hall–Kier alpha value is -4.30. The number of nitrogens with zero attached hydrogens (tertiary/aromatic N) is 7. The van der Waals surface area contributed by atoms with Gasteiger partial charge in [-0.25, -0.2) is 10.1 Å². The van der Waals surface area contributed by atoms with E-state index in [0.717, 1.165) is 37.1 Å². The number of aryl methyl sites for hydroxylation is 1. The Morgan fingerprint density at radius 3 is 2.76 bits per heavy atom. The van der Waals surface area contributed by atoms with Crippen molar-refractivity contribution in [2.24, 2.45) is 5.10 Å². The van der Waals surface area contributed by atoms with Gasteiger partial charge in [0.1, 0.15) is 23.8 Å². The summed E-state index contributed by atoms with van der Waals surface area (Å²) in [4.78, 5) is 15.6. The lowest BCUT2D eigenvalue weighted by Gasteiger charge is -2.14. The molecule has 4 aromatic rings. The number of ether oxygens (including phenoxy) is 2. The molecule has 1 aliphatic rings. The van der Waals surface area contributed by atoms with Crippen molar-refractivity contribution in [3.63, 3.8) is 0 Å². The van der Waals surface area contributed by atoms with Crippen LogP contribution in [0.2, 0.25) is 0 Å². The quantitative estimate of drug-likeness (QED) is 0.186. The van der Waals surface area contributed by atoms with Crippen LogP contribution in [0.4, 0.5) is 5.82 Å². The predicted molar refractivity (Wildman–Crippen MR) is 154 cm³/mol. The Morgan fingerprint density at radius 2 is 2.02 bits per heavy atom. The fraction of sp³-hybridized carbons (Fsp3) is 0.333. The third-order valence-corrected chi connectivity index (χ3v) is 7.26. The molecule has 41 heavy (non-hydrogen) atoms. The second kappa shape index (κ2) is 12.9. The number of nitrogen functional groups attached to an aromatic ring is 1. The van der Waals surface area contributed by atoms with Gasteiger partial charge in [-0.05, 0) is 83.2 Å². The van der Waals surface area contributed by atoms with Crippen molar-refractivity contribution in [3.8, 4) is 17.3 Å². The number of carbonyl (C=O) groups is 1. The van der Waals surface area contributed by atoms with Crippen LogP contribution in [0.25, 0.3) is 5.82 Å². The smallest absolute Gasteiger partial charge is 0.292 e.